The minimum atomic E-state index is -1.07. The van der Waals surface area contributed by atoms with Gasteiger partial charge in [-0.05, 0) is 24.1 Å². The number of benzene rings is 2. The first-order valence-electron chi connectivity index (χ1n) is 10.8. The third-order valence-corrected chi connectivity index (χ3v) is 6.90. The Hall–Kier alpha value is -3.52. The second-order valence-electron chi connectivity index (χ2n) is 9.02. The van der Waals surface area contributed by atoms with Gasteiger partial charge < -0.3 is 4.74 Å². The Morgan fingerprint density at radius 1 is 1.09 bits per heavy atom. The first-order chi connectivity index (χ1) is 15.4. The van der Waals surface area contributed by atoms with Crippen LogP contribution in [0, 0.1) is 5.92 Å². The molecule has 8 heteroatoms. The van der Waals surface area contributed by atoms with Crippen molar-refractivity contribution >= 4 is 28.5 Å². The monoisotopic (exact) mass is 430 g/mol. The van der Waals surface area contributed by atoms with Crippen LogP contribution in [-0.4, -0.2) is 33.6 Å². The van der Waals surface area contributed by atoms with Crippen molar-refractivity contribution in [3.63, 3.8) is 0 Å². The summed E-state index contributed by atoms with van der Waals surface area (Å²) in [5.41, 5.74) is 0.757. The molecular weight excluding hydrogens is 408 g/mol. The molecule has 1 aromatic heterocycles. The molecule has 1 amide bonds. The number of amides is 1. The van der Waals surface area contributed by atoms with E-state index in [1.54, 1.807) is 23.1 Å². The van der Waals surface area contributed by atoms with E-state index in [2.05, 4.69) is 10.3 Å². The van der Waals surface area contributed by atoms with E-state index in [-0.39, 0.29) is 29.8 Å². The van der Waals surface area contributed by atoms with Crippen molar-refractivity contribution in [2.75, 3.05) is 4.90 Å². The molecule has 3 aliphatic heterocycles. The molecule has 162 valence electrons. The number of nitrogens with one attached hydrogen (secondary N) is 1. The summed E-state index contributed by atoms with van der Waals surface area (Å²) in [6, 6.07) is 13.4. The Labute approximate surface area is 183 Å². The summed E-state index contributed by atoms with van der Waals surface area (Å²) in [5.74, 6) is -0.445. The van der Waals surface area contributed by atoms with Crippen LogP contribution in [0.4, 0.5) is 5.69 Å². The highest BCUT2D eigenvalue weighted by molar-refractivity contribution is 6.03. The van der Waals surface area contributed by atoms with Crippen molar-refractivity contribution in [3.05, 3.63) is 70.8 Å². The topological polar surface area (TPSA) is 93.5 Å². The Kier molecular flexibility index (Phi) is 3.89. The normalized spacial score (nSPS) is 28.6. The lowest BCUT2D eigenvalue weighted by atomic mass is 9.88. The smallest absolute Gasteiger partial charge is 0.330 e. The lowest BCUT2D eigenvalue weighted by Crippen LogP contribution is -2.49. The molecule has 2 fully saturated rings. The molecule has 3 aromatic rings. The largest absolute Gasteiger partial charge is 0.449 e. The third kappa shape index (κ3) is 2.35. The molecule has 8 nitrogen and oxygen atoms in total. The highest BCUT2D eigenvalue weighted by Gasteiger charge is 2.65. The quantitative estimate of drug-likeness (QED) is 0.626. The molecule has 32 heavy (non-hydrogen) atoms. The number of aromatic nitrogens is 2. The van der Waals surface area contributed by atoms with Gasteiger partial charge in [0.05, 0.1) is 29.0 Å². The van der Waals surface area contributed by atoms with Gasteiger partial charge in [0.1, 0.15) is 12.2 Å². The first kappa shape index (κ1) is 19.2. The Bertz CT molecular complexity index is 1350. The van der Waals surface area contributed by atoms with Crippen LogP contribution in [0.25, 0.3) is 10.9 Å². The summed E-state index contributed by atoms with van der Waals surface area (Å²) in [4.78, 5) is 45.7. The van der Waals surface area contributed by atoms with Crippen LogP contribution in [0.3, 0.4) is 0 Å². The Morgan fingerprint density at radius 3 is 2.66 bits per heavy atom. The van der Waals surface area contributed by atoms with Crippen LogP contribution in [0.15, 0.2) is 59.7 Å². The van der Waals surface area contributed by atoms with Crippen LogP contribution in [0.5, 0.6) is 0 Å². The molecule has 2 aromatic carbocycles. The van der Waals surface area contributed by atoms with Gasteiger partial charge in [-0.25, -0.2) is 9.78 Å². The number of hydrogen-bond donors (Lipinski definition) is 1. The number of nitrogens with zero attached hydrogens (tertiary/aromatic N) is 3. The number of carbonyl (C=O) groups is 2. The van der Waals surface area contributed by atoms with Crippen molar-refractivity contribution in [1.82, 2.24) is 14.9 Å². The Balaban J connectivity index is 1.48. The number of para-hydroxylation sites is 2. The van der Waals surface area contributed by atoms with Crippen LogP contribution in [0.1, 0.15) is 31.9 Å². The second-order valence-corrected chi connectivity index (χ2v) is 9.02. The lowest BCUT2D eigenvalue weighted by Gasteiger charge is -2.30. The molecule has 0 radical (unpaired) electrons. The fourth-order valence-corrected chi connectivity index (χ4v) is 5.37. The maximum atomic E-state index is 13.2. The summed E-state index contributed by atoms with van der Waals surface area (Å²) < 4.78 is 7.44. The number of ether oxygens (including phenoxy) is 1. The molecule has 1 N–H and O–H groups in total. The predicted octanol–water partition coefficient (Wildman–Crippen LogP) is 2.08. The van der Waals surface area contributed by atoms with E-state index in [0.717, 1.165) is 11.3 Å². The first-order valence-corrected chi connectivity index (χ1v) is 10.8. The van der Waals surface area contributed by atoms with Crippen molar-refractivity contribution in [3.8, 4) is 0 Å². The lowest BCUT2D eigenvalue weighted by molar-refractivity contribution is -0.152. The van der Waals surface area contributed by atoms with Crippen LogP contribution < -0.4 is 15.8 Å². The summed E-state index contributed by atoms with van der Waals surface area (Å²) in [6.45, 7) is 3.97. The van der Waals surface area contributed by atoms with E-state index >= 15 is 0 Å². The molecule has 1 spiro atoms. The van der Waals surface area contributed by atoms with E-state index in [1.165, 1.54) is 10.9 Å². The minimum Gasteiger partial charge on any atom is -0.449 e. The molecular formula is C24H22N4O4. The zero-order valence-corrected chi connectivity index (χ0v) is 17.7. The van der Waals surface area contributed by atoms with Gasteiger partial charge in [-0.15, -0.1) is 0 Å². The molecule has 6 rings (SSSR count). The van der Waals surface area contributed by atoms with E-state index in [9.17, 15) is 14.4 Å². The number of rotatable bonds is 2. The zero-order chi connectivity index (χ0) is 22.2. The highest BCUT2D eigenvalue weighted by atomic mass is 16.6. The number of fused-ring (bicyclic) bond motifs is 6. The SMILES string of the molecule is CC(C)[C@@H]1N[C@@H]2N(C1=O)c1ccccc1[C@]21C[C@@H](n2cnc3ccccc3c2=O)C(=O)O1. The third-order valence-electron chi connectivity index (χ3n) is 6.90. The molecule has 0 unspecified atom stereocenters. The molecule has 4 atom stereocenters. The number of esters is 1. The summed E-state index contributed by atoms with van der Waals surface area (Å²) in [7, 11) is 0. The van der Waals surface area contributed by atoms with E-state index in [0.29, 0.717) is 10.9 Å². The minimum absolute atomic E-state index is 0.0293. The van der Waals surface area contributed by atoms with Gasteiger partial charge in [-0.2, -0.15) is 0 Å². The van der Waals surface area contributed by atoms with Crippen LogP contribution >= 0.6 is 0 Å². The van der Waals surface area contributed by atoms with Crippen LogP contribution in [0.2, 0.25) is 0 Å². The predicted molar refractivity (Wildman–Crippen MR) is 117 cm³/mol. The van der Waals surface area contributed by atoms with Crippen molar-refractivity contribution in [1.29, 1.82) is 0 Å². The molecule has 0 bridgehead atoms. The average molecular weight is 430 g/mol. The van der Waals surface area contributed by atoms with Gasteiger partial charge in [0, 0.05) is 12.0 Å². The molecule has 3 aliphatic rings. The standard InChI is InChI=1S/C24H22N4O4/c1-13(2)19-21(30)28-17-10-6-4-8-15(17)24(23(28)26-19)11-18(22(31)32-24)27-12-25-16-9-5-3-7-14(16)20(27)29/h3-10,12-13,18-19,23,26H,11H2,1-2H3/t18-,19+,23-,24-/m1/s1. The van der Waals surface area contributed by atoms with Gasteiger partial charge in [-0.1, -0.05) is 44.2 Å². The highest BCUT2D eigenvalue weighted by Crippen LogP contribution is 2.55. The van der Waals surface area contributed by atoms with Gasteiger partial charge in [0.25, 0.3) is 5.56 Å². The fourth-order valence-electron chi connectivity index (χ4n) is 5.37. The fraction of sp³-hybridized carbons (Fsp3) is 0.333. The van der Waals surface area contributed by atoms with Gasteiger partial charge in [-0.3, -0.25) is 24.4 Å². The number of hydrogen-bond acceptors (Lipinski definition) is 6. The zero-order valence-electron chi connectivity index (χ0n) is 17.7. The molecule has 0 saturated carbocycles. The summed E-state index contributed by atoms with van der Waals surface area (Å²) >= 11 is 0. The van der Waals surface area contributed by atoms with Crippen molar-refractivity contribution in [2.45, 2.75) is 44.1 Å². The van der Waals surface area contributed by atoms with Gasteiger partial charge in [0.15, 0.2) is 5.60 Å². The van der Waals surface area contributed by atoms with Crippen molar-refractivity contribution < 1.29 is 14.3 Å². The maximum Gasteiger partial charge on any atom is 0.330 e. The van der Waals surface area contributed by atoms with Crippen molar-refractivity contribution in [2.24, 2.45) is 5.92 Å². The van der Waals surface area contributed by atoms with Gasteiger partial charge >= 0.3 is 5.97 Å². The van der Waals surface area contributed by atoms with Gasteiger partial charge in [0.2, 0.25) is 5.91 Å². The van der Waals surface area contributed by atoms with E-state index in [1.807, 2.05) is 44.2 Å². The number of carbonyl (C=O) groups excluding carboxylic acids is 2. The molecule has 4 heterocycles. The number of anilines is 1. The molecule has 2 saturated heterocycles. The second kappa shape index (κ2) is 6.49. The van der Waals surface area contributed by atoms with Crippen LogP contribution in [-0.2, 0) is 19.9 Å². The maximum absolute atomic E-state index is 13.2. The summed E-state index contributed by atoms with van der Waals surface area (Å²) in [6.07, 6.45) is 1.13. The van der Waals surface area contributed by atoms with E-state index in [4.69, 9.17) is 4.74 Å². The Morgan fingerprint density at radius 2 is 1.84 bits per heavy atom. The summed E-state index contributed by atoms with van der Waals surface area (Å²) in [5, 5.41) is 3.87. The average Bonchev–Trinajstić information content (AvgIpc) is 3.40. The molecule has 0 aliphatic carbocycles. The van der Waals surface area contributed by atoms with E-state index < -0.39 is 23.8 Å².